The SMILES string of the molecule is Cc1ccccc1-[n+]1ccc(C2=CC[NH+](c3ccccc3C(C)C)C=C2)cc1.FB(F)F.FB(F)F.[F-].[F-]. The standard InChI is InChI=1S/C26H27N2.2BF3.2FH/c1-20(2)24-9-5-7-11-26(24)28-18-14-23(15-19-28)22-12-16-27(17-13-22)25-10-6-4-8-21(25)3;2*2-1(3)4;;/h4-18,20H,19H2,1-3H3;;;2*1H/q+1;;;;/p-1. The lowest BCUT2D eigenvalue weighted by atomic mass is 9.99. The van der Waals surface area contributed by atoms with Crippen LogP contribution in [-0.4, -0.2) is 21.6 Å². The van der Waals surface area contributed by atoms with Gasteiger partial charge in [-0.3, -0.25) is 30.8 Å². The summed E-state index contributed by atoms with van der Waals surface area (Å²) in [6, 6.07) is 21.7. The molecule has 1 atom stereocenters. The van der Waals surface area contributed by atoms with E-state index >= 15 is 0 Å². The Kier molecular flexibility index (Phi) is 15.6. The Hall–Kier alpha value is -3.40. The van der Waals surface area contributed by atoms with E-state index < -0.39 is 15.1 Å². The minimum Gasteiger partial charge on any atom is -1.00 e. The fraction of sp³-hybridized carbons (Fsp3) is 0.192. The first kappa shape index (κ1) is 34.6. The number of pyridine rings is 1. The molecule has 4 rings (SSSR count). The largest absolute Gasteiger partial charge is 1.00 e. The van der Waals surface area contributed by atoms with Crippen molar-refractivity contribution in [2.45, 2.75) is 26.7 Å². The van der Waals surface area contributed by atoms with Crippen LogP contribution in [0.3, 0.4) is 0 Å². The number of hydrogen-bond acceptors (Lipinski definition) is 0. The topological polar surface area (TPSA) is 8.32 Å². The van der Waals surface area contributed by atoms with Gasteiger partial charge in [-0.1, -0.05) is 50.2 Å². The number of para-hydroxylation sites is 2. The number of rotatable bonds is 4. The van der Waals surface area contributed by atoms with Gasteiger partial charge in [0.25, 0.3) is 0 Å². The van der Waals surface area contributed by atoms with E-state index in [9.17, 15) is 25.9 Å². The molecule has 1 N–H and O–H groups in total. The molecule has 1 aliphatic heterocycles. The monoisotopic (exact) mass is 542 g/mol. The van der Waals surface area contributed by atoms with Crippen molar-refractivity contribution in [3.8, 4) is 5.69 Å². The first-order valence-corrected chi connectivity index (χ1v) is 11.4. The number of halogens is 8. The zero-order chi connectivity index (χ0) is 26.7. The highest BCUT2D eigenvalue weighted by molar-refractivity contribution is 6.33. The highest BCUT2D eigenvalue weighted by Gasteiger charge is 2.19. The quantitative estimate of drug-likeness (QED) is 0.276. The number of nitrogens with one attached hydrogen (secondary N) is 1. The molecule has 2 heterocycles. The van der Waals surface area contributed by atoms with Crippen LogP contribution in [0.1, 0.15) is 36.5 Å². The second kappa shape index (κ2) is 17.2. The van der Waals surface area contributed by atoms with Crippen LogP contribution in [0.4, 0.5) is 31.6 Å². The van der Waals surface area contributed by atoms with Crippen molar-refractivity contribution < 1.29 is 44.8 Å². The number of allylic oxidation sites excluding steroid dienone is 2. The summed E-state index contributed by atoms with van der Waals surface area (Å²) in [5.74, 6) is 0.536. The molecule has 1 aliphatic rings. The lowest BCUT2D eigenvalue weighted by molar-refractivity contribution is -0.768. The number of benzene rings is 2. The zero-order valence-electron chi connectivity index (χ0n) is 21.1. The first-order chi connectivity index (χ1) is 17.1. The summed E-state index contributed by atoms with van der Waals surface area (Å²) in [6.45, 7) is 7.65. The molecule has 2 aromatic carbocycles. The summed E-state index contributed by atoms with van der Waals surface area (Å²) in [4.78, 5) is 1.40. The van der Waals surface area contributed by atoms with Crippen LogP contribution in [-0.2, 0) is 0 Å². The van der Waals surface area contributed by atoms with Gasteiger partial charge in [0.15, 0.2) is 12.4 Å². The third-order valence-corrected chi connectivity index (χ3v) is 5.49. The van der Waals surface area contributed by atoms with Gasteiger partial charge in [0.2, 0.25) is 5.69 Å². The van der Waals surface area contributed by atoms with Crippen molar-refractivity contribution in [2.24, 2.45) is 0 Å². The summed E-state index contributed by atoms with van der Waals surface area (Å²) < 4.78 is 60.2. The molecule has 3 aromatic rings. The Morgan fingerprint density at radius 3 is 1.82 bits per heavy atom. The highest BCUT2D eigenvalue weighted by atomic mass is 19.4. The van der Waals surface area contributed by atoms with Crippen LogP contribution in [0.2, 0.25) is 0 Å². The average Bonchev–Trinajstić information content (AvgIpc) is 2.84. The van der Waals surface area contributed by atoms with Gasteiger partial charge in [-0.2, -0.15) is 4.57 Å². The van der Waals surface area contributed by atoms with E-state index in [1.807, 2.05) is 0 Å². The summed E-state index contributed by atoms with van der Waals surface area (Å²) in [5.41, 5.74) is 7.87. The van der Waals surface area contributed by atoms with E-state index in [-0.39, 0.29) is 9.41 Å². The summed E-state index contributed by atoms with van der Waals surface area (Å²) >= 11 is 0. The first-order valence-electron chi connectivity index (χ1n) is 11.4. The van der Waals surface area contributed by atoms with Crippen LogP contribution in [0.5, 0.6) is 0 Å². The van der Waals surface area contributed by atoms with Crippen LogP contribution in [0.25, 0.3) is 11.3 Å². The number of hydrogen-bond donors (Lipinski definition) is 1. The average molecular weight is 542 g/mol. The molecule has 0 saturated heterocycles. The van der Waals surface area contributed by atoms with E-state index in [2.05, 4.69) is 117 Å². The summed E-state index contributed by atoms with van der Waals surface area (Å²) in [5, 5.41) is 0. The summed E-state index contributed by atoms with van der Waals surface area (Å²) in [6.07, 6.45) is 11.2. The van der Waals surface area contributed by atoms with Gasteiger partial charge in [0.05, 0.1) is 0 Å². The molecule has 2 nitrogen and oxygen atoms in total. The van der Waals surface area contributed by atoms with Gasteiger partial charge in [0, 0.05) is 29.3 Å². The van der Waals surface area contributed by atoms with Crippen molar-refractivity contribution in [1.82, 2.24) is 0 Å². The number of quaternary nitrogens is 1. The van der Waals surface area contributed by atoms with Crippen LogP contribution < -0.4 is 18.9 Å². The molecule has 0 aliphatic carbocycles. The predicted octanol–water partition coefficient (Wildman–Crippen LogP) is 0.290. The number of nitrogens with zero attached hydrogens (tertiary/aromatic N) is 1. The minimum atomic E-state index is -3.67. The smallest absolute Gasteiger partial charge is 0.762 e. The van der Waals surface area contributed by atoms with Crippen LogP contribution in [0.15, 0.2) is 91.4 Å². The predicted molar refractivity (Wildman–Crippen MR) is 134 cm³/mol. The molecular weight excluding hydrogens is 514 g/mol. The Morgan fingerprint density at radius 2 is 1.32 bits per heavy atom. The molecule has 1 unspecified atom stereocenters. The molecule has 0 bridgehead atoms. The summed E-state index contributed by atoms with van der Waals surface area (Å²) in [7, 11) is -7.33. The maximum absolute atomic E-state index is 9.67. The third-order valence-electron chi connectivity index (χ3n) is 5.49. The van der Waals surface area contributed by atoms with Crippen molar-refractivity contribution >= 4 is 26.3 Å². The Bertz CT molecular complexity index is 1140. The Balaban J connectivity index is 0.00000121. The second-order valence-corrected chi connectivity index (χ2v) is 8.24. The number of aromatic nitrogens is 1. The molecule has 1 aromatic heterocycles. The van der Waals surface area contributed by atoms with Gasteiger partial charge < -0.3 is 9.41 Å². The third kappa shape index (κ3) is 10.9. The van der Waals surface area contributed by atoms with E-state index in [0.717, 1.165) is 6.54 Å². The molecule has 0 radical (unpaired) electrons. The fourth-order valence-electron chi connectivity index (χ4n) is 3.89. The Morgan fingerprint density at radius 1 is 0.789 bits per heavy atom. The van der Waals surface area contributed by atoms with Gasteiger partial charge in [-0.15, -0.1) is 0 Å². The number of aryl methyl sites for hydroxylation is 1. The van der Waals surface area contributed by atoms with Crippen molar-refractivity contribution in [3.63, 3.8) is 0 Å². The molecule has 38 heavy (non-hydrogen) atoms. The van der Waals surface area contributed by atoms with Gasteiger partial charge in [-0.05, 0) is 42.2 Å². The lowest BCUT2D eigenvalue weighted by Crippen LogP contribution is -3.02. The molecule has 0 spiro atoms. The molecule has 204 valence electrons. The minimum absolute atomic E-state index is 0. The Labute approximate surface area is 218 Å². The van der Waals surface area contributed by atoms with Crippen LogP contribution >= 0.6 is 0 Å². The second-order valence-electron chi connectivity index (χ2n) is 8.24. The van der Waals surface area contributed by atoms with E-state index in [4.69, 9.17) is 0 Å². The van der Waals surface area contributed by atoms with Crippen LogP contribution in [0, 0.1) is 6.92 Å². The van der Waals surface area contributed by atoms with Gasteiger partial charge in [-0.25, -0.2) is 0 Å². The normalized spacial score (nSPS) is 13.4. The van der Waals surface area contributed by atoms with E-state index in [1.54, 1.807) is 0 Å². The van der Waals surface area contributed by atoms with Crippen molar-refractivity contribution in [1.29, 1.82) is 0 Å². The highest BCUT2D eigenvalue weighted by Crippen LogP contribution is 2.22. The van der Waals surface area contributed by atoms with Gasteiger partial charge >= 0.3 is 15.1 Å². The van der Waals surface area contributed by atoms with E-state index in [0.29, 0.717) is 5.92 Å². The molecular formula is C26H28B2F8N2. The molecule has 0 fully saturated rings. The van der Waals surface area contributed by atoms with Gasteiger partial charge in [0.1, 0.15) is 18.4 Å². The maximum Gasteiger partial charge on any atom is 0.762 e. The van der Waals surface area contributed by atoms with Crippen molar-refractivity contribution in [2.75, 3.05) is 6.54 Å². The molecule has 12 heteroatoms. The zero-order valence-corrected chi connectivity index (χ0v) is 21.1. The lowest BCUT2D eigenvalue weighted by Gasteiger charge is -2.21. The molecule has 0 amide bonds. The van der Waals surface area contributed by atoms with E-state index in [1.165, 1.54) is 38.5 Å². The van der Waals surface area contributed by atoms with Crippen molar-refractivity contribution in [3.05, 3.63) is 108 Å². The molecule has 0 saturated carbocycles. The fourth-order valence-corrected chi connectivity index (χ4v) is 3.89. The maximum atomic E-state index is 9.67.